The Hall–Kier alpha value is -1.69. The van der Waals surface area contributed by atoms with E-state index in [-0.39, 0.29) is 41.6 Å². The predicted octanol–water partition coefficient (Wildman–Crippen LogP) is 3.83. The predicted molar refractivity (Wildman–Crippen MR) is 162 cm³/mol. The smallest absolute Gasteiger partial charge is 1.00 e. The minimum atomic E-state index is 0. The van der Waals surface area contributed by atoms with E-state index in [1.54, 1.807) is 0 Å². The van der Waals surface area contributed by atoms with E-state index in [2.05, 4.69) is 64.1 Å². The van der Waals surface area contributed by atoms with Gasteiger partial charge in [0.15, 0.2) is 0 Å². The molecular weight excluding hydrogens is 604 g/mol. The van der Waals surface area contributed by atoms with Crippen molar-refractivity contribution in [3.8, 4) is 0 Å². The van der Waals surface area contributed by atoms with Gasteiger partial charge in [-0.2, -0.15) is 0 Å². The van der Waals surface area contributed by atoms with Gasteiger partial charge in [-0.1, -0.05) is 101 Å². The molecule has 7 heteroatoms. The summed E-state index contributed by atoms with van der Waals surface area (Å²) in [6.45, 7) is 12.9. The van der Waals surface area contributed by atoms with E-state index in [0.29, 0.717) is 5.02 Å². The molecule has 0 aliphatic carbocycles. The van der Waals surface area contributed by atoms with Gasteiger partial charge in [0.1, 0.15) is 0 Å². The molecule has 0 amide bonds. The third kappa shape index (κ3) is 10.3. The number of rotatable bonds is 12. The number of halogens is 3. The molecule has 3 rings (SSSR count). The maximum atomic E-state index is 6.62. The Morgan fingerprint density at radius 2 is 0.925 bits per heavy atom. The molecule has 40 heavy (non-hydrogen) atoms. The number of pyridine rings is 1. The van der Waals surface area contributed by atoms with Crippen molar-refractivity contribution in [1.82, 2.24) is 4.98 Å². The van der Waals surface area contributed by atoms with Gasteiger partial charge in [0.25, 0.3) is 0 Å². The van der Waals surface area contributed by atoms with Gasteiger partial charge < -0.3 is 24.8 Å². The molecule has 219 valence electrons. The van der Waals surface area contributed by atoms with Crippen LogP contribution in [-0.4, -0.2) is 16.4 Å². The van der Waals surface area contributed by atoms with Gasteiger partial charge in [-0.25, -0.2) is 4.98 Å². The molecule has 0 saturated carbocycles. The van der Waals surface area contributed by atoms with E-state index >= 15 is 0 Å². The second kappa shape index (κ2) is 19.4. The van der Waals surface area contributed by atoms with Gasteiger partial charge in [-0.3, -0.25) is 9.98 Å². The molecule has 3 nitrogen and oxygen atoms in total. The third-order valence-electron chi connectivity index (χ3n) is 6.57. The topological polar surface area (TPSA) is 37.6 Å². The normalized spacial score (nSPS) is 11.4. The SMILES string of the molecule is CCCc1cccc(CCC)c1N=C(C)c1cc(Cl)cc(C(C)=Nc2c(CCC)cccc2CCC)n1.[Cl-].[Cl-].[Co+2]. The number of aryl methyl sites for hydroxylation is 4. The summed E-state index contributed by atoms with van der Waals surface area (Å²) in [4.78, 5) is 15.2. The fourth-order valence-corrected chi connectivity index (χ4v) is 4.99. The van der Waals surface area contributed by atoms with Crippen LogP contribution in [-0.2, 0) is 42.5 Å². The molecule has 1 radical (unpaired) electrons. The van der Waals surface area contributed by atoms with Crippen LogP contribution in [0, 0.1) is 0 Å². The maximum Gasteiger partial charge on any atom is 2.00 e. The second-order valence-electron chi connectivity index (χ2n) is 9.80. The molecule has 0 aliphatic rings. The quantitative estimate of drug-likeness (QED) is 0.276. The molecular formula is C33H42Cl3CoN3. The molecule has 0 bridgehead atoms. The molecule has 0 N–H and O–H groups in total. The standard InChI is InChI=1S/C33H42ClN3.2ClH.Co/c1-7-13-25-17-11-18-26(14-8-2)32(25)35-23(5)30-21-29(34)22-31(37-30)24(6)36-33-27(15-9-3)19-12-20-28(33)16-10-4;;;/h11-12,17-22H,7-10,13-16H2,1-6H3;2*1H;/q;;;+2/p-2. The Kier molecular flexibility index (Phi) is 18.6. The van der Waals surface area contributed by atoms with Crippen LogP contribution in [0.2, 0.25) is 5.02 Å². The first kappa shape index (κ1) is 38.3. The minimum Gasteiger partial charge on any atom is -1.00 e. The van der Waals surface area contributed by atoms with Gasteiger partial charge in [0.2, 0.25) is 0 Å². The number of nitrogens with zero attached hydrogens (tertiary/aromatic N) is 3. The van der Waals surface area contributed by atoms with Crippen LogP contribution >= 0.6 is 11.6 Å². The van der Waals surface area contributed by atoms with Crippen molar-refractivity contribution in [1.29, 1.82) is 0 Å². The van der Waals surface area contributed by atoms with Crippen LogP contribution in [0.5, 0.6) is 0 Å². The number of aromatic nitrogens is 1. The Bertz CT molecular complexity index is 1130. The Balaban J connectivity index is 0.00000507. The number of benzene rings is 2. The van der Waals surface area contributed by atoms with Crippen molar-refractivity contribution >= 4 is 34.4 Å². The molecule has 0 spiro atoms. The molecule has 1 aromatic heterocycles. The minimum absolute atomic E-state index is 0. The van der Waals surface area contributed by atoms with E-state index in [4.69, 9.17) is 26.6 Å². The van der Waals surface area contributed by atoms with Crippen LogP contribution in [0.15, 0.2) is 58.5 Å². The van der Waals surface area contributed by atoms with E-state index in [0.717, 1.165) is 85.6 Å². The molecule has 3 aromatic rings. The number of aliphatic imine (C=N–C) groups is 2. The van der Waals surface area contributed by atoms with E-state index in [1.807, 2.05) is 26.0 Å². The van der Waals surface area contributed by atoms with Crippen LogP contribution in [0.1, 0.15) is 101 Å². The summed E-state index contributed by atoms with van der Waals surface area (Å²) < 4.78 is 0. The first-order valence-electron chi connectivity index (χ1n) is 13.9. The summed E-state index contributed by atoms with van der Waals surface area (Å²) in [5, 5.41) is 0.648. The monoisotopic (exact) mass is 644 g/mol. The van der Waals surface area contributed by atoms with Crippen molar-refractivity contribution in [2.45, 2.75) is 92.9 Å². The largest absolute Gasteiger partial charge is 2.00 e. The zero-order chi connectivity index (χ0) is 26.8. The van der Waals surface area contributed by atoms with E-state index < -0.39 is 0 Å². The fraction of sp³-hybridized carbons (Fsp3) is 0.424. The van der Waals surface area contributed by atoms with Crippen molar-refractivity contribution in [2.24, 2.45) is 9.98 Å². The van der Waals surface area contributed by atoms with Crippen molar-refractivity contribution in [3.05, 3.63) is 87.2 Å². The first-order valence-corrected chi connectivity index (χ1v) is 14.3. The second-order valence-corrected chi connectivity index (χ2v) is 10.2. The molecule has 0 fully saturated rings. The van der Waals surface area contributed by atoms with Crippen LogP contribution < -0.4 is 24.8 Å². The molecule has 2 aromatic carbocycles. The van der Waals surface area contributed by atoms with E-state index in [1.165, 1.54) is 22.3 Å². The zero-order valence-electron chi connectivity index (χ0n) is 24.6. The van der Waals surface area contributed by atoms with Gasteiger partial charge in [-0.05, 0) is 73.9 Å². The molecule has 0 unspecified atom stereocenters. The zero-order valence-corrected chi connectivity index (χ0v) is 27.9. The van der Waals surface area contributed by atoms with E-state index in [9.17, 15) is 0 Å². The summed E-state index contributed by atoms with van der Waals surface area (Å²) >= 11 is 6.62. The number of para-hydroxylation sites is 2. The average Bonchev–Trinajstić information content (AvgIpc) is 2.87. The van der Waals surface area contributed by atoms with Crippen molar-refractivity contribution < 1.29 is 41.6 Å². The summed E-state index contributed by atoms with van der Waals surface area (Å²) in [5.74, 6) is 0. The van der Waals surface area contributed by atoms with Crippen LogP contribution in [0.4, 0.5) is 11.4 Å². The molecule has 0 saturated heterocycles. The maximum absolute atomic E-state index is 6.62. The van der Waals surface area contributed by atoms with Crippen LogP contribution in [0.25, 0.3) is 0 Å². The Morgan fingerprint density at radius 3 is 1.20 bits per heavy atom. The number of hydrogen-bond acceptors (Lipinski definition) is 3. The summed E-state index contributed by atoms with van der Waals surface area (Å²) in [5.41, 5.74) is 10.7. The van der Waals surface area contributed by atoms with Crippen molar-refractivity contribution in [2.75, 3.05) is 0 Å². The van der Waals surface area contributed by atoms with Gasteiger partial charge in [0.05, 0.1) is 34.2 Å². The molecule has 1 heterocycles. The number of hydrogen-bond donors (Lipinski definition) is 0. The third-order valence-corrected chi connectivity index (χ3v) is 6.79. The molecule has 0 aliphatic heterocycles. The molecule has 0 atom stereocenters. The Morgan fingerprint density at radius 1 is 0.625 bits per heavy atom. The Labute approximate surface area is 269 Å². The summed E-state index contributed by atoms with van der Waals surface area (Å²) in [6.07, 6.45) is 8.42. The van der Waals surface area contributed by atoms with Crippen LogP contribution in [0.3, 0.4) is 0 Å². The van der Waals surface area contributed by atoms with Gasteiger partial charge >= 0.3 is 16.8 Å². The summed E-state index contributed by atoms with van der Waals surface area (Å²) in [6, 6.07) is 16.9. The van der Waals surface area contributed by atoms with Crippen molar-refractivity contribution in [3.63, 3.8) is 0 Å². The fourth-order valence-electron chi connectivity index (χ4n) is 4.78. The summed E-state index contributed by atoms with van der Waals surface area (Å²) in [7, 11) is 0. The first-order chi connectivity index (χ1) is 17.9. The average molecular weight is 646 g/mol. The van der Waals surface area contributed by atoms with Gasteiger partial charge in [0, 0.05) is 5.02 Å². The van der Waals surface area contributed by atoms with Gasteiger partial charge in [-0.15, -0.1) is 0 Å².